The highest BCUT2D eigenvalue weighted by atomic mass is 16.5. The molecule has 6 nitrogen and oxygen atoms in total. The first kappa shape index (κ1) is 17.6. The largest absolute Gasteiger partial charge is 0.350 e. The van der Waals surface area contributed by atoms with E-state index in [1.165, 1.54) is 0 Å². The summed E-state index contributed by atoms with van der Waals surface area (Å²) in [6.07, 6.45) is 6.40. The summed E-state index contributed by atoms with van der Waals surface area (Å²) in [5.41, 5.74) is 2.00. The van der Waals surface area contributed by atoms with Crippen LogP contribution in [0.15, 0.2) is 4.52 Å². The van der Waals surface area contributed by atoms with Crippen LogP contribution in [-0.4, -0.2) is 52.4 Å². The molecule has 26 heavy (non-hydrogen) atoms. The predicted octanol–water partition coefficient (Wildman–Crippen LogP) is 2.66. The maximum atomic E-state index is 13.0. The Morgan fingerprint density at radius 3 is 2.85 bits per heavy atom. The van der Waals surface area contributed by atoms with Crippen molar-refractivity contribution in [1.29, 1.82) is 0 Å². The molecule has 6 heteroatoms. The zero-order valence-electron chi connectivity index (χ0n) is 15.9. The number of fused-ring (bicyclic) bond motifs is 2. The molecule has 2 aliphatic heterocycles. The van der Waals surface area contributed by atoms with Gasteiger partial charge in [0.1, 0.15) is 0 Å². The number of rotatable bonds is 3. The van der Waals surface area contributed by atoms with E-state index in [1.807, 2.05) is 4.90 Å². The summed E-state index contributed by atoms with van der Waals surface area (Å²) in [4.78, 5) is 29.4. The molecule has 1 aromatic heterocycles. The van der Waals surface area contributed by atoms with Crippen LogP contribution in [0.4, 0.5) is 0 Å². The van der Waals surface area contributed by atoms with Crippen molar-refractivity contribution in [2.75, 3.05) is 19.6 Å². The van der Waals surface area contributed by atoms with Gasteiger partial charge in [-0.2, -0.15) is 0 Å². The second-order valence-corrected chi connectivity index (χ2v) is 8.49. The lowest BCUT2D eigenvalue weighted by Gasteiger charge is -2.47. The van der Waals surface area contributed by atoms with E-state index in [4.69, 9.17) is 4.52 Å². The Hall–Kier alpha value is -1.85. The number of amides is 2. The summed E-state index contributed by atoms with van der Waals surface area (Å²) in [6.45, 7) is 6.55. The number of hydrogen-bond acceptors (Lipinski definition) is 4. The van der Waals surface area contributed by atoms with E-state index in [2.05, 4.69) is 23.9 Å². The highest BCUT2D eigenvalue weighted by molar-refractivity contribution is 5.93. The first-order chi connectivity index (χ1) is 12.5. The molecule has 1 aromatic rings. The van der Waals surface area contributed by atoms with Gasteiger partial charge in [0.15, 0.2) is 0 Å². The van der Waals surface area contributed by atoms with Gasteiger partial charge >= 0.3 is 0 Å². The minimum Gasteiger partial charge on any atom is -0.350 e. The number of aryl methyl sites for hydroxylation is 1. The summed E-state index contributed by atoms with van der Waals surface area (Å²) in [6, 6.07) is 0.284. The molecule has 0 radical (unpaired) electrons. The summed E-state index contributed by atoms with van der Waals surface area (Å²) < 4.78 is 5.45. The lowest BCUT2D eigenvalue weighted by Crippen LogP contribution is -2.57. The Kier molecular flexibility index (Phi) is 4.76. The van der Waals surface area contributed by atoms with Gasteiger partial charge in [-0.15, -0.1) is 0 Å². The van der Waals surface area contributed by atoms with E-state index in [1.54, 1.807) is 0 Å². The monoisotopic (exact) mass is 359 g/mol. The van der Waals surface area contributed by atoms with Crippen LogP contribution >= 0.6 is 0 Å². The van der Waals surface area contributed by atoms with Gasteiger partial charge in [-0.25, -0.2) is 0 Å². The van der Waals surface area contributed by atoms with Crippen LogP contribution in [0.3, 0.4) is 0 Å². The Bertz CT molecular complexity index is 696. The van der Waals surface area contributed by atoms with Gasteiger partial charge in [-0.1, -0.05) is 19.0 Å². The topological polar surface area (TPSA) is 66.7 Å². The van der Waals surface area contributed by atoms with Gasteiger partial charge in [0.2, 0.25) is 11.7 Å². The fourth-order valence-corrected chi connectivity index (χ4v) is 4.87. The average molecular weight is 359 g/mol. The van der Waals surface area contributed by atoms with Crippen LogP contribution in [0.1, 0.15) is 67.8 Å². The highest BCUT2D eigenvalue weighted by Crippen LogP contribution is 2.33. The van der Waals surface area contributed by atoms with Crippen molar-refractivity contribution in [3.63, 3.8) is 0 Å². The third kappa shape index (κ3) is 3.14. The summed E-state index contributed by atoms with van der Waals surface area (Å²) in [7, 11) is 0. The van der Waals surface area contributed by atoms with Gasteiger partial charge in [-0.05, 0) is 50.4 Å². The number of aromatic nitrogens is 1. The molecule has 2 saturated heterocycles. The zero-order valence-corrected chi connectivity index (χ0v) is 15.9. The molecule has 1 aliphatic carbocycles. The molecule has 2 atom stereocenters. The maximum absolute atomic E-state index is 13.0. The third-order valence-electron chi connectivity index (χ3n) is 6.15. The standard InChI is InChI=1S/C20H29N3O3/c1-13(2)11-23-17-9-10-22(12-14(17)7-8-18(23)24)20(25)19-15-5-3-4-6-16(15)21-26-19/h13-14,17H,3-12H2,1-2H3/t14-,17+/m1/s1. The van der Waals surface area contributed by atoms with E-state index in [0.717, 1.165) is 62.9 Å². The molecule has 3 heterocycles. The van der Waals surface area contributed by atoms with Crippen LogP contribution in [0.2, 0.25) is 0 Å². The van der Waals surface area contributed by atoms with E-state index >= 15 is 0 Å². The molecule has 0 aromatic carbocycles. The fraction of sp³-hybridized carbons (Fsp3) is 0.750. The van der Waals surface area contributed by atoms with Crippen LogP contribution in [-0.2, 0) is 17.6 Å². The zero-order chi connectivity index (χ0) is 18.3. The van der Waals surface area contributed by atoms with Gasteiger partial charge < -0.3 is 14.3 Å². The average Bonchev–Trinajstić information content (AvgIpc) is 3.07. The van der Waals surface area contributed by atoms with Crippen molar-refractivity contribution in [3.8, 4) is 0 Å². The molecular weight excluding hydrogens is 330 g/mol. The Morgan fingerprint density at radius 2 is 2.04 bits per heavy atom. The quantitative estimate of drug-likeness (QED) is 0.832. The molecule has 0 spiro atoms. The summed E-state index contributed by atoms with van der Waals surface area (Å²) >= 11 is 0. The minimum absolute atomic E-state index is 0.00795. The van der Waals surface area contributed by atoms with Crippen LogP contribution in [0, 0.1) is 11.8 Å². The SMILES string of the molecule is CC(C)CN1C(=O)CC[C@@H]2CN(C(=O)c3onc4c3CCCC4)CC[C@@H]21. The van der Waals surface area contributed by atoms with E-state index in [9.17, 15) is 9.59 Å². The summed E-state index contributed by atoms with van der Waals surface area (Å²) in [5.74, 6) is 1.58. The maximum Gasteiger partial charge on any atom is 0.292 e. The van der Waals surface area contributed by atoms with Crippen LogP contribution in [0.5, 0.6) is 0 Å². The predicted molar refractivity (Wildman–Crippen MR) is 96.7 cm³/mol. The molecule has 0 saturated carbocycles. The van der Waals surface area contributed by atoms with Crippen molar-refractivity contribution < 1.29 is 14.1 Å². The first-order valence-electron chi connectivity index (χ1n) is 10.1. The third-order valence-corrected chi connectivity index (χ3v) is 6.15. The summed E-state index contributed by atoms with van der Waals surface area (Å²) in [5, 5.41) is 4.13. The lowest BCUT2D eigenvalue weighted by atomic mass is 9.83. The fourth-order valence-electron chi connectivity index (χ4n) is 4.87. The second-order valence-electron chi connectivity index (χ2n) is 8.49. The minimum atomic E-state index is -0.00795. The highest BCUT2D eigenvalue weighted by Gasteiger charge is 2.41. The number of carbonyl (C=O) groups excluding carboxylic acids is 2. The van der Waals surface area contributed by atoms with E-state index in [0.29, 0.717) is 30.6 Å². The number of likely N-dealkylation sites (tertiary alicyclic amines) is 2. The van der Waals surface area contributed by atoms with Gasteiger partial charge in [-0.3, -0.25) is 9.59 Å². The van der Waals surface area contributed by atoms with Crippen molar-refractivity contribution >= 4 is 11.8 Å². The Morgan fingerprint density at radius 1 is 1.23 bits per heavy atom. The molecule has 2 fully saturated rings. The van der Waals surface area contributed by atoms with Crippen molar-refractivity contribution in [2.45, 2.75) is 64.8 Å². The molecular formula is C20H29N3O3. The second kappa shape index (κ2) is 7.05. The number of piperidine rings is 2. The van der Waals surface area contributed by atoms with Gasteiger partial charge in [0.25, 0.3) is 5.91 Å². The lowest BCUT2D eigenvalue weighted by molar-refractivity contribution is -0.141. The number of nitrogens with zero attached hydrogens (tertiary/aromatic N) is 3. The first-order valence-corrected chi connectivity index (χ1v) is 10.1. The van der Waals surface area contributed by atoms with Crippen molar-refractivity contribution in [3.05, 3.63) is 17.0 Å². The molecule has 4 rings (SSSR count). The molecule has 3 aliphatic rings. The normalized spacial score (nSPS) is 26.0. The van der Waals surface area contributed by atoms with E-state index in [-0.39, 0.29) is 17.9 Å². The van der Waals surface area contributed by atoms with Crippen molar-refractivity contribution in [2.24, 2.45) is 11.8 Å². The van der Waals surface area contributed by atoms with E-state index < -0.39 is 0 Å². The number of carbonyl (C=O) groups is 2. The Labute approximate surface area is 154 Å². The molecule has 0 N–H and O–H groups in total. The molecule has 0 bridgehead atoms. The molecule has 2 amide bonds. The van der Waals surface area contributed by atoms with Gasteiger partial charge in [0, 0.05) is 37.7 Å². The Balaban J connectivity index is 1.47. The van der Waals surface area contributed by atoms with Crippen molar-refractivity contribution in [1.82, 2.24) is 15.0 Å². The van der Waals surface area contributed by atoms with Crippen LogP contribution in [0.25, 0.3) is 0 Å². The smallest absolute Gasteiger partial charge is 0.292 e. The van der Waals surface area contributed by atoms with Gasteiger partial charge in [0.05, 0.1) is 5.69 Å². The molecule has 0 unspecified atom stereocenters. The number of hydrogen-bond donors (Lipinski definition) is 0. The molecule has 142 valence electrons. The van der Waals surface area contributed by atoms with Crippen LogP contribution < -0.4 is 0 Å².